The largest absolute Gasteiger partial charge is 0.371 e. The molecule has 0 atom stereocenters. The van der Waals surface area contributed by atoms with Gasteiger partial charge in [-0.2, -0.15) is 0 Å². The Balaban J connectivity index is 2.31. The fourth-order valence-electron chi connectivity index (χ4n) is 2.49. The average molecular weight is 285 g/mol. The number of carbonyl (C=O) groups excluding carboxylic acids is 2. The first-order chi connectivity index (χ1) is 10.1. The maximum absolute atomic E-state index is 11.6. The third-order valence-electron chi connectivity index (χ3n) is 3.46. The van der Waals surface area contributed by atoms with E-state index in [9.17, 15) is 9.59 Å². The number of anilines is 2. The van der Waals surface area contributed by atoms with Crippen LogP contribution in [0, 0.1) is 11.8 Å². The smallest absolute Gasteiger partial charge is 0.300 e. The molecule has 1 aliphatic rings. The second kappa shape index (κ2) is 6.80. The number of nitrogens with zero attached hydrogens (tertiary/aromatic N) is 1. The monoisotopic (exact) mass is 285 g/mol. The van der Waals surface area contributed by atoms with Gasteiger partial charge in [0.2, 0.25) is 0 Å². The highest BCUT2D eigenvalue weighted by Crippen LogP contribution is 2.27. The van der Waals surface area contributed by atoms with Crippen molar-refractivity contribution in [3.05, 3.63) is 23.8 Å². The molecule has 1 aliphatic heterocycles. The van der Waals surface area contributed by atoms with Gasteiger partial charge in [-0.15, -0.1) is 0 Å². The number of primary amides is 1. The van der Waals surface area contributed by atoms with Crippen LogP contribution in [0.25, 0.3) is 0 Å². The Morgan fingerprint density at radius 1 is 1.24 bits per heavy atom. The fourth-order valence-corrected chi connectivity index (χ4v) is 2.49. The minimum atomic E-state index is -0.457. The maximum Gasteiger partial charge on any atom is 0.300 e. The Hall–Kier alpha value is -2.48. The lowest BCUT2D eigenvalue weighted by atomic mass is 10.1. The fraction of sp³-hybridized carbons (Fsp3) is 0.375. The second-order valence-corrected chi connectivity index (χ2v) is 4.97. The van der Waals surface area contributed by atoms with Crippen molar-refractivity contribution in [1.29, 1.82) is 0 Å². The molecule has 1 saturated heterocycles. The van der Waals surface area contributed by atoms with Crippen LogP contribution >= 0.6 is 0 Å². The van der Waals surface area contributed by atoms with Crippen molar-refractivity contribution < 1.29 is 9.59 Å². The summed E-state index contributed by atoms with van der Waals surface area (Å²) in [4.78, 5) is 25.3. The minimum Gasteiger partial charge on any atom is -0.371 e. The quantitative estimate of drug-likeness (QED) is 0.831. The van der Waals surface area contributed by atoms with Crippen LogP contribution in [0.4, 0.5) is 11.4 Å². The number of hydrogen-bond acceptors (Lipinski definition) is 3. The highest BCUT2D eigenvalue weighted by Gasteiger charge is 2.18. The number of amides is 2. The zero-order valence-electron chi connectivity index (χ0n) is 12.1. The number of hydrogen-bond donors (Lipinski definition) is 2. The van der Waals surface area contributed by atoms with Crippen LogP contribution in [0.2, 0.25) is 0 Å². The first-order valence-electron chi connectivity index (χ1n) is 7.04. The molecule has 2 rings (SSSR count). The third kappa shape index (κ3) is 3.76. The summed E-state index contributed by atoms with van der Waals surface area (Å²) in [6.45, 7) is 3.40. The summed E-state index contributed by atoms with van der Waals surface area (Å²) in [5, 5.41) is 2.70. The molecular weight excluding hydrogens is 266 g/mol. The molecule has 1 aromatic rings. The van der Waals surface area contributed by atoms with E-state index < -0.39 is 5.91 Å². The molecule has 0 aromatic heterocycles. The maximum atomic E-state index is 11.6. The molecule has 110 valence electrons. The molecule has 1 fully saturated rings. The van der Waals surface area contributed by atoms with Crippen molar-refractivity contribution in [2.45, 2.75) is 26.2 Å². The molecule has 0 unspecified atom stereocenters. The van der Waals surface area contributed by atoms with E-state index >= 15 is 0 Å². The standard InChI is InChI=1S/C16H19N3O2/c1-2-6-15(20)18-12-7-8-13(16(17)21)14(11-12)19-9-4-3-5-10-19/h7-8,11H,3-5,9-10H2,1H3,(H2,17,21)(H,18,20). The van der Waals surface area contributed by atoms with E-state index in [0.717, 1.165) is 31.6 Å². The molecule has 5 heteroatoms. The molecule has 21 heavy (non-hydrogen) atoms. The van der Waals surface area contributed by atoms with Gasteiger partial charge in [-0.1, -0.05) is 5.92 Å². The molecule has 1 heterocycles. The van der Waals surface area contributed by atoms with Crippen molar-refractivity contribution >= 4 is 23.2 Å². The predicted octanol–water partition coefficient (Wildman–Crippen LogP) is 1.74. The van der Waals surface area contributed by atoms with Gasteiger partial charge in [0.1, 0.15) is 0 Å². The first kappa shape index (κ1) is 14.9. The summed E-state index contributed by atoms with van der Waals surface area (Å²) in [5.74, 6) is 4.15. The highest BCUT2D eigenvalue weighted by molar-refractivity contribution is 6.05. The van der Waals surface area contributed by atoms with Gasteiger partial charge in [-0.05, 0) is 50.3 Å². The molecule has 3 N–H and O–H groups in total. The number of piperidine rings is 1. The Kier molecular flexibility index (Phi) is 4.83. The van der Waals surface area contributed by atoms with E-state index in [1.807, 2.05) is 0 Å². The van der Waals surface area contributed by atoms with Crippen LogP contribution in [0.3, 0.4) is 0 Å². The van der Waals surface area contributed by atoms with Gasteiger partial charge in [-0.3, -0.25) is 9.59 Å². The number of nitrogens with one attached hydrogen (secondary N) is 1. The zero-order chi connectivity index (χ0) is 15.2. The van der Waals surface area contributed by atoms with Gasteiger partial charge in [0.25, 0.3) is 11.8 Å². The molecule has 0 saturated carbocycles. The molecule has 2 amide bonds. The van der Waals surface area contributed by atoms with E-state index in [1.54, 1.807) is 25.1 Å². The lowest BCUT2D eigenvalue weighted by molar-refractivity contribution is -0.111. The van der Waals surface area contributed by atoms with Crippen molar-refractivity contribution in [3.63, 3.8) is 0 Å². The summed E-state index contributed by atoms with van der Waals surface area (Å²) < 4.78 is 0. The Morgan fingerprint density at radius 2 is 1.95 bits per heavy atom. The summed E-state index contributed by atoms with van der Waals surface area (Å²) >= 11 is 0. The first-order valence-corrected chi connectivity index (χ1v) is 7.04. The van der Waals surface area contributed by atoms with Crippen LogP contribution < -0.4 is 16.0 Å². The Morgan fingerprint density at radius 3 is 2.57 bits per heavy atom. The number of rotatable bonds is 3. The van der Waals surface area contributed by atoms with Crippen LogP contribution in [-0.2, 0) is 4.79 Å². The van der Waals surface area contributed by atoms with Gasteiger partial charge in [0.05, 0.1) is 11.3 Å². The lowest BCUT2D eigenvalue weighted by Crippen LogP contribution is -2.31. The predicted molar refractivity (Wildman–Crippen MR) is 83.1 cm³/mol. The van der Waals surface area contributed by atoms with Crippen molar-refractivity contribution in [2.75, 3.05) is 23.3 Å². The highest BCUT2D eigenvalue weighted by atomic mass is 16.1. The van der Waals surface area contributed by atoms with Crippen LogP contribution in [-0.4, -0.2) is 24.9 Å². The minimum absolute atomic E-state index is 0.367. The zero-order valence-corrected chi connectivity index (χ0v) is 12.1. The van der Waals surface area contributed by atoms with E-state index in [1.165, 1.54) is 6.42 Å². The molecule has 0 spiro atoms. The number of nitrogens with two attached hydrogens (primary N) is 1. The molecule has 5 nitrogen and oxygen atoms in total. The summed E-state index contributed by atoms with van der Waals surface area (Å²) in [6.07, 6.45) is 3.39. The summed E-state index contributed by atoms with van der Waals surface area (Å²) in [7, 11) is 0. The van der Waals surface area contributed by atoms with Gasteiger partial charge < -0.3 is 16.0 Å². The summed E-state index contributed by atoms with van der Waals surface area (Å²) in [6, 6.07) is 5.12. The third-order valence-corrected chi connectivity index (χ3v) is 3.46. The van der Waals surface area contributed by atoms with Gasteiger partial charge in [-0.25, -0.2) is 0 Å². The van der Waals surface area contributed by atoms with Crippen molar-refractivity contribution in [1.82, 2.24) is 0 Å². The summed E-state index contributed by atoms with van der Waals surface area (Å²) in [5.41, 5.74) is 7.33. The van der Waals surface area contributed by atoms with E-state index in [-0.39, 0.29) is 5.91 Å². The molecular formula is C16H19N3O2. The Bertz CT molecular complexity index is 608. The lowest BCUT2D eigenvalue weighted by Gasteiger charge is -2.30. The SMILES string of the molecule is CC#CC(=O)Nc1ccc(C(N)=O)c(N2CCCCC2)c1. The van der Waals surface area contributed by atoms with Crippen LogP contribution in [0.5, 0.6) is 0 Å². The normalized spacial score (nSPS) is 14.0. The van der Waals surface area contributed by atoms with Gasteiger partial charge in [0.15, 0.2) is 0 Å². The van der Waals surface area contributed by atoms with Crippen LogP contribution in [0.1, 0.15) is 36.5 Å². The van der Waals surface area contributed by atoms with E-state index in [0.29, 0.717) is 11.3 Å². The number of benzene rings is 1. The second-order valence-electron chi connectivity index (χ2n) is 4.97. The Labute approximate surface area is 124 Å². The van der Waals surface area contributed by atoms with E-state index in [4.69, 9.17) is 5.73 Å². The van der Waals surface area contributed by atoms with Gasteiger partial charge >= 0.3 is 0 Å². The molecule has 0 aliphatic carbocycles. The van der Waals surface area contributed by atoms with Crippen molar-refractivity contribution in [2.24, 2.45) is 5.73 Å². The topological polar surface area (TPSA) is 75.4 Å². The van der Waals surface area contributed by atoms with Crippen LogP contribution in [0.15, 0.2) is 18.2 Å². The molecule has 1 aromatic carbocycles. The molecule has 0 bridgehead atoms. The molecule has 0 radical (unpaired) electrons. The van der Waals surface area contributed by atoms with E-state index in [2.05, 4.69) is 22.1 Å². The average Bonchev–Trinajstić information content (AvgIpc) is 2.48. The number of carbonyl (C=O) groups is 2. The van der Waals surface area contributed by atoms with Crippen molar-refractivity contribution in [3.8, 4) is 11.8 Å². The van der Waals surface area contributed by atoms with Gasteiger partial charge in [0, 0.05) is 18.8 Å².